The Bertz CT molecular complexity index is 664. The number of benzene rings is 1. The smallest absolute Gasteiger partial charge is 0.248 e. The van der Waals surface area contributed by atoms with E-state index in [1.807, 2.05) is 30.3 Å². The van der Waals surface area contributed by atoms with E-state index in [2.05, 4.69) is 5.10 Å². The Hall–Kier alpha value is -1.86. The van der Waals surface area contributed by atoms with Gasteiger partial charge in [-0.25, -0.2) is 8.42 Å². The van der Waals surface area contributed by atoms with E-state index >= 15 is 0 Å². The molecule has 0 spiro atoms. The fourth-order valence-corrected chi connectivity index (χ4v) is 3.02. The number of aromatic nitrogens is 2. The number of rotatable bonds is 4. The summed E-state index contributed by atoms with van der Waals surface area (Å²) in [7, 11) is -0.468. The summed E-state index contributed by atoms with van der Waals surface area (Å²) in [4.78, 5) is 0.0356. The molecule has 6 nitrogen and oxygen atoms in total. The van der Waals surface area contributed by atoms with Gasteiger partial charge in [0.2, 0.25) is 10.0 Å². The second-order valence-corrected chi connectivity index (χ2v) is 6.31. The van der Waals surface area contributed by atoms with Crippen LogP contribution in [0.5, 0.6) is 0 Å². The topological polar surface area (TPSA) is 81.2 Å². The number of nitrogens with two attached hydrogens (primary N) is 1. The van der Waals surface area contributed by atoms with Crippen molar-refractivity contribution in [1.29, 1.82) is 0 Å². The first-order valence-corrected chi connectivity index (χ1v) is 7.14. The Morgan fingerprint density at radius 2 is 1.95 bits per heavy atom. The molecule has 0 saturated carbocycles. The molecule has 0 radical (unpaired) electrons. The van der Waals surface area contributed by atoms with Crippen LogP contribution in [0.25, 0.3) is 0 Å². The van der Waals surface area contributed by atoms with Gasteiger partial charge in [-0.05, 0) is 5.56 Å². The molecule has 2 rings (SSSR count). The number of aryl methyl sites for hydroxylation is 1. The Kier molecular flexibility index (Phi) is 3.59. The summed E-state index contributed by atoms with van der Waals surface area (Å²) in [5, 5.41) is 3.86. The molecule has 2 N–H and O–H groups in total. The van der Waals surface area contributed by atoms with Gasteiger partial charge in [-0.1, -0.05) is 30.3 Å². The van der Waals surface area contributed by atoms with Crippen molar-refractivity contribution in [3.8, 4) is 0 Å². The minimum atomic E-state index is -3.62. The van der Waals surface area contributed by atoms with Crippen LogP contribution in [0, 0.1) is 0 Å². The standard InChI is InChI=1S/C12H16N4O2S/c1-15-9-11(12(13)14-15)19(17,18)16(2)8-10-6-4-3-5-7-10/h3-7,9H,8H2,1-2H3,(H2,13,14). The highest BCUT2D eigenvalue weighted by molar-refractivity contribution is 7.89. The average Bonchev–Trinajstić information content (AvgIpc) is 2.70. The van der Waals surface area contributed by atoms with Crippen molar-refractivity contribution in [1.82, 2.24) is 14.1 Å². The third-order valence-electron chi connectivity index (χ3n) is 2.76. The van der Waals surface area contributed by atoms with E-state index in [9.17, 15) is 8.42 Å². The zero-order chi connectivity index (χ0) is 14.0. The van der Waals surface area contributed by atoms with Gasteiger partial charge in [0.15, 0.2) is 5.82 Å². The van der Waals surface area contributed by atoms with Crippen molar-refractivity contribution in [3.63, 3.8) is 0 Å². The van der Waals surface area contributed by atoms with Crippen molar-refractivity contribution in [3.05, 3.63) is 42.1 Å². The van der Waals surface area contributed by atoms with Gasteiger partial charge in [-0.3, -0.25) is 4.68 Å². The molecule has 1 heterocycles. The van der Waals surface area contributed by atoms with E-state index in [-0.39, 0.29) is 17.3 Å². The molecule has 2 aromatic rings. The lowest BCUT2D eigenvalue weighted by Gasteiger charge is -2.16. The van der Waals surface area contributed by atoms with Gasteiger partial charge in [0.1, 0.15) is 4.90 Å². The minimum absolute atomic E-state index is 0.0161. The van der Waals surface area contributed by atoms with Gasteiger partial charge in [0, 0.05) is 26.8 Å². The lowest BCUT2D eigenvalue weighted by atomic mass is 10.2. The summed E-state index contributed by atoms with van der Waals surface area (Å²) < 4.78 is 27.4. The second-order valence-electron chi connectivity index (χ2n) is 4.30. The van der Waals surface area contributed by atoms with E-state index in [1.54, 1.807) is 7.05 Å². The zero-order valence-electron chi connectivity index (χ0n) is 10.8. The molecular formula is C12H16N4O2S. The molecule has 102 valence electrons. The summed E-state index contributed by atoms with van der Waals surface area (Å²) >= 11 is 0. The molecule has 0 aliphatic heterocycles. The number of nitrogens with zero attached hydrogens (tertiary/aromatic N) is 3. The highest BCUT2D eigenvalue weighted by Crippen LogP contribution is 2.21. The largest absolute Gasteiger partial charge is 0.381 e. The molecule has 7 heteroatoms. The Balaban J connectivity index is 2.27. The van der Waals surface area contributed by atoms with Crippen LogP contribution < -0.4 is 5.73 Å². The van der Waals surface area contributed by atoms with E-state index in [4.69, 9.17) is 5.73 Å². The van der Waals surface area contributed by atoms with Gasteiger partial charge >= 0.3 is 0 Å². The van der Waals surface area contributed by atoms with E-state index < -0.39 is 10.0 Å². The van der Waals surface area contributed by atoms with Crippen LogP contribution in [-0.4, -0.2) is 29.6 Å². The van der Waals surface area contributed by atoms with Crippen molar-refractivity contribution in [2.75, 3.05) is 12.8 Å². The van der Waals surface area contributed by atoms with Crippen molar-refractivity contribution in [2.45, 2.75) is 11.4 Å². The molecule has 0 saturated heterocycles. The van der Waals surface area contributed by atoms with Crippen LogP contribution in [0.2, 0.25) is 0 Å². The van der Waals surface area contributed by atoms with Crippen LogP contribution in [0.1, 0.15) is 5.56 Å². The predicted octanol–water partition coefficient (Wildman–Crippen LogP) is 0.823. The molecule has 1 aromatic carbocycles. The summed E-state index contributed by atoms with van der Waals surface area (Å²) in [6, 6.07) is 9.37. The molecule has 0 atom stereocenters. The quantitative estimate of drug-likeness (QED) is 0.899. The molecule has 0 amide bonds. The highest BCUT2D eigenvalue weighted by Gasteiger charge is 2.25. The van der Waals surface area contributed by atoms with Crippen molar-refractivity contribution in [2.24, 2.45) is 7.05 Å². The third kappa shape index (κ3) is 2.77. The maximum Gasteiger partial charge on any atom is 0.248 e. The minimum Gasteiger partial charge on any atom is -0.381 e. The predicted molar refractivity (Wildman–Crippen MR) is 72.7 cm³/mol. The van der Waals surface area contributed by atoms with E-state index in [1.165, 1.54) is 22.2 Å². The van der Waals surface area contributed by atoms with Gasteiger partial charge in [0.25, 0.3) is 0 Å². The molecular weight excluding hydrogens is 264 g/mol. The number of hydrogen-bond acceptors (Lipinski definition) is 4. The SMILES string of the molecule is CN(Cc1ccccc1)S(=O)(=O)c1cn(C)nc1N. The molecule has 0 fully saturated rings. The Morgan fingerprint density at radius 3 is 2.47 bits per heavy atom. The molecule has 0 unspecified atom stereocenters. The van der Waals surface area contributed by atoms with Crippen molar-refractivity contribution >= 4 is 15.8 Å². The van der Waals surface area contributed by atoms with Gasteiger partial charge in [0.05, 0.1) is 0 Å². The van der Waals surface area contributed by atoms with Crippen LogP contribution in [0.15, 0.2) is 41.4 Å². The third-order valence-corrected chi connectivity index (χ3v) is 4.58. The number of nitrogen functional groups attached to an aromatic ring is 1. The monoisotopic (exact) mass is 280 g/mol. The first-order chi connectivity index (χ1) is 8.91. The average molecular weight is 280 g/mol. The maximum atomic E-state index is 12.4. The van der Waals surface area contributed by atoms with Crippen LogP contribution in [0.3, 0.4) is 0 Å². The number of sulfonamides is 1. The first kappa shape index (κ1) is 13.6. The van der Waals surface area contributed by atoms with Crippen LogP contribution >= 0.6 is 0 Å². The number of anilines is 1. The van der Waals surface area contributed by atoms with Gasteiger partial charge in [-0.15, -0.1) is 0 Å². The molecule has 0 bridgehead atoms. The highest BCUT2D eigenvalue weighted by atomic mass is 32.2. The summed E-state index contributed by atoms with van der Waals surface area (Å²) in [6.07, 6.45) is 1.41. The lowest BCUT2D eigenvalue weighted by molar-refractivity contribution is 0.467. The molecule has 19 heavy (non-hydrogen) atoms. The normalized spacial score (nSPS) is 11.9. The summed E-state index contributed by atoms with van der Waals surface area (Å²) in [5.41, 5.74) is 6.53. The fraction of sp³-hybridized carbons (Fsp3) is 0.250. The Labute approximate surface area is 112 Å². The first-order valence-electron chi connectivity index (χ1n) is 5.70. The van der Waals surface area contributed by atoms with Crippen LogP contribution in [0.4, 0.5) is 5.82 Å². The van der Waals surface area contributed by atoms with E-state index in [0.29, 0.717) is 0 Å². The molecule has 0 aliphatic carbocycles. The molecule has 1 aromatic heterocycles. The van der Waals surface area contributed by atoms with Crippen molar-refractivity contribution < 1.29 is 8.42 Å². The van der Waals surface area contributed by atoms with E-state index in [0.717, 1.165) is 5.56 Å². The molecule has 0 aliphatic rings. The Morgan fingerprint density at radius 1 is 1.32 bits per heavy atom. The number of hydrogen-bond donors (Lipinski definition) is 1. The second kappa shape index (κ2) is 5.02. The lowest BCUT2D eigenvalue weighted by Crippen LogP contribution is -2.26. The van der Waals surface area contributed by atoms with Crippen LogP contribution in [-0.2, 0) is 23.6 Å². The fourth-order valence-electron chi connectivity index (χ4n) is 1.78. The summed E-state index contributed by atoms with van der Waals surface area (Å²) in [5.74, 6) is 0.0161. The van der Waals surface area contributed by atoms with Gasteiger partial charge < -0.3 is 5.73 Å². The summed E-state index contributed by atoms with van der Waals surface area (Å²) in [6.45, 7) is 0.289. The zero-order valence-corrected chi connectivity index (χ0v) is 11.6. The van der Waals surface area contributed by atoms with Gasteiger partial charge in [-0.2, -0.15) is 9.40 Å². The maximum absolute atomic E-state index is 12.4.